The summed E-state index contributed by atoms with van der Waals surface area (Å²) in [5.41, 5.74) is 1.38. The summed E-state index contributed by atoms with van der Waals surface area (Å²) >= 11 is 0. The molecule has 1 aromatic rings. The van der Waals surface area contributed by atoms with Crippen LogP contribution in [-0.4, -0.2) is 23.2 Å². The molecule has 1 rings (SSSR count). The Morgan fingerprint density at radius 2 is 2.42 bits per heavy atom. The van der Waals surface area contributed by atoms with Crippen LogP contribution in [0.25, 0.3) is 6.08 Å². The van der Waals surface area contributed by atoms with E-state index in [1.165, 1.54) is 4.68 Å². The van der Waals surface area contributed by atoms with Crippen molar-refractivity contribution in [2.45, 2.75) is 0 Å². The Balaban J connectivity index is 3.39. The van der Waals surface area contributed by atoms with E-state index < -0.39 is 0 Å². The van der Waals surface area contributed by atoms with Gasteiger partial charge in [-0.2, -0.15) is 5.10 Å². The smallest absolute Gasteiger partial charge is 0.150 e. The number of aromatic nitrogens is 2. The molecule has 0 aromatic carbocycles. The van der Waals surface area contributed by atoms with Crippen molar-refractivity contribution >= 4 is 12.4 Å². The molecule has 1 heterocycles. The lowest BCUT2D eigenvalue weighted by molar-refractivity contribution is 0.830. The minimum Gasteiger partial charge on any atom is -0.289 e. The second-order valence-electron chi connectivity index (χ2n) is 2.12. The van der Waals surface area contributed by atoms with Gasteiger partial charge in [-0.15, -0.1) is 0 Å². The van der Waals surface area contributed by atoms with Crippen LogP contribution in [-0.2, 0) is 0 Å². The average molecular weight is 162 g/mol. The summed E-state index contributed by atoms with van der Waals surface area (Å²) < 4.78 is 1.39. The Morgan fingerprint density at radius 1 is 1.67 bits per heavy atom. The van der Waals surface area contributed by atoms with Crippen molar-refractivity contribution in [3.63, 3.8) is 0 Å². The molecular weight excluding hydrogens is 152 g/mol. The fourth-order valence-electron chi connectivity index (χ4n) is 0.826. The highest BCUT2D eigenvalue weighted by Crippen LogP contribution is 1.89. The van der Waals surface area contributed by atoms with Gasteiger partial charge < -0.3 is 0 Å². The van der Waals surface area contributed by atoms with E-state index in [1.54, 1.807) is 25.3 Å². The summed E-state index contributed by atoms with van der Waals surface area (Å²) in [6.07, 6.45) is 2.73. The zero-order chi connectivity index (χ0) is 8.97. The highest BCUT2D eigenvalue weighted by atomic mass is 15.3. The van der Waals surface area contributed by atoms with Crippen molar-refractivity contribution < 1.29 is 0 Å². The summed E-state index contributed by atoms with van der Waals surface area (Å²) in [4.78, 5) is 3.93. The first-order chi connectivity index (χ1) is 5.81. The quantitative estimate of drug-likeness (QED) is 0.500. The lowest BCUT2D eigenvalue weighted by Gasteiger charge is -1.98. The molecule has 0 bridgehead atoms. The van der Waals surface area contributed by atoms with Gasteiger partial charge in [-0.3, -0.25) is 10.4 Å². The third-order valence-corrected chi connectivity index (χ3v) is 1.42. The number of nitrogens with zero attached hydrogens (tertiary/aromatic N) is 3. The van der Waals surface area contributed by atoms with Gasteiger partial charge in [0.05, 0.1) is 5.69 Å². The van der Waals surface area contributed by atoms with Gasteiger partial charge >= 0.3 is 0 Å². The molecule has 0 fully saturated rings. The first-order valence-corrected chi connectivity index (χ1v) is 3.47. The molecule has 1 aromatic heterocycles. The Bertz CT molecular complexity index is 362. The molecule has 0 aliphatic heterocycles. The SMILES string of the molecule is C=Cc1ccc(=NC)n(C=N)n1. The van der Waals surface area contributed by atoms with Gasteiger partial charge in [-0.05, 0) is 18.2 Å². The van der Waals surface area contributed by atoms with E-state index in [0.29, 0.717) is 5.49 Å². The van der Waals surface area contributed by atoms with E-state index in [0.717, 1.165) is 12.0 Å². The van der Waals surface area contributed by atoms with Crippen molar-refractivity contribution in [2.24, 2.45) is 4.99 Å². The van der Waals surface area contributed by atoms with Crippen LogP contribution >= 0.6 is 0 Å². The second kappa shape index (κ2) is 3.61. The van der Waals surface area contributed by atoms with Crippen LogP contribution in [0.2, 0.25) is 0 Å². The number of hydrogen-bond acceptors (Lipinski definition) is 3. The molecule has 0 spiro atoms. The molecule has 0 amide bonds. The Labute approximate surface area is 70.4 Å². The van der Waals surface area contributed by atoms with E-state index in [1.807, 2.05) is 0 Å². The molecule has 4 nitrogen and oxygen atoms in total. The third-order valence-electron chi connectivity index (χ3n) is 1.42. The van der Waals surface area contributed by atoms with E-state index in [4.69, 9.17) is 5.41 Å². The van der Waals surface area contributed by atoms with E-state index in [9.17, 15) is 0 Å². The van der Waals surface area contributed by atoms with Crippen LogP contribution in [0.4, 0.5) is 0 Å². The van der Waals surface area contributed by atoms with Crippen molar-refractivity contribution in [3.8, 4) is 0 Å². The summed E-state index contributed by atoms with van der Waals surface area (Å²) in [7, 11) is 1.66. The lowest BCUT2D eigenvalue weighted by Crippen LogP contribution is -2.22. The highest BCUT2D eigenvalue weighted by Gasteiger charge is 1.91. The molecule has 0 aliphatic carbocycles. The zero-order valence-corrected chi connectivity index (χ0v) is 6.86. The minimum absolute atomic E-state index is 0.649. The predicted molar refractivity (Wildman–Crippen MR) is 48.0 cm³/mol. The third kappa shape index (κ3) is 1.47. The Morgan fingerprint density at radius 3 is 2.92 bits per heavy atom. The van der Waals surface area contributed by atoms with Gasteiger partial charge in [0.25, 0.3) is 0 Å². The first-order valence-electron chi connectivity index (χ1n) is 3.47. The van der Waals surface area contributed by atoms with Crippen molar-refractivity contribution in [2.75, 3.05) is 7.05 Å². The fourth-order valence-corrected chi connectivity index (χ4v) is 0.826. The fraction of sp³-hybridized carbons (Fsp3) is 0.125. The Kier molecular flexibility index (Phi) is 2.53. The van der Waals surface area contributed by atoms with Crippen LogP contribution in [0.15, 0.2) is 23.7 Å². The van der Waals surface area contributed by atoms with E-state index >= 15 is 0 Å². The molecule has 0 radical (unpaired) electrons. The lowest BCUT2D eigenvalue weighted by atomic mass is 10.4. The predicted octanol–water partition coefficient (Wildman–Crippen LogP) is 0.512. The van der Waals surface area contributed by atoms with Gasteiger partial charge in [0.15, 0.2) is 0 Å². The number of hydrogen-bond donors (Lipinski definition) is 1. The van der Waals surface area contributed by atoms with E-state index in [2.05, 4.69) is 16.7 Å². The number of nitrogens with one attached hydrogen (secondary N) is 1. The molecule has 0 unspecified atom stereocenters. The maximum atomic E-state index is 7.04. The largest absolute Gasteiger partial charge is 0.289 e. The van der Waals surface area contributed by atoms with Crippen molar-refractivity contribution in [1.82, 2.24) is 9.78 Å². The molecule has 1 N–H and O–H groups in total. The van der Waals surface area contributed by atoms with Gasteiger partial charge in [0, 0.05) is 7.05 Å². The Hall–Kier alpha value is -1.71. The summed E-state index contributed by atoms with van der Waals surface area (Å²) in [5.74, 6) is 0. The normalized spacial score (nSPS) is 11.2. The van der Waals surface area contributed by atoms with Gasteiger partial charge in [0.2, 0.25) is 0 Å². The van der Waals surface area contributed by atoms with Gasteiger partial charge in [0.1, 0.15) is 11.8 Å². The molecule has 0 saturated heterocycles. The highest BCUT2D eigenvalue weighted by molar-refractivity contribution is 5.53. The summed E-state index contributed by atoms with van der Waals surface area (Å²) in [5, 5.41) is 11.1. The second-order valence-corrected chi connectivity index (χ2v) is 2.12. The van der Waals surface area contributed by atoms with Gasteiger partial charge in [-0.1, -0.05) is 6.58 Å². The monoisotopic (exact) mass is 162 g/mol. The molecule has 0 atom stereocenters. The van der Waals surface area contributed by atoms with E-state index in [-0.39, 0.29) is 0 Å². The molecule has 62 valence electrons. The number of rotatable bonds is 2. The molecular formula is C8H10N4. The van der Waals surface area contributed by atoms with Crippen LogP contribution in [0.3, 0.4) is 0 Å². The molecule has 4 heteroatoms. The zero-order valence-electron chi connectivity index (χ0n) is 6.86. The van der Waals surface area contributed by atoms with Crippen molar-refractivity contribution in [1.29, 1.82) is 5.41 Å². The van der Waals surface area contributed by atoms with Crippen LogP contribution in [0.5, 0.6) is 0 Å². The molecule has 12 heavy (non-hydrogen) atoms. The standard InChI is InChI=1S/C8H10N4/c1-3-7-4-5-8(10-2)12(6-9)11-7/h3-6,9H,1H2,2H3. The topological polar surface area (TPSA) is 54.0 Å². The van der Waals surface area contributed by atoms with Crippen LogP contribution in [0.1, 0.15) is 5.69 Å². The van der Waals surface area contributed by atoms with Gasteiger partial charge in [-0.25, -0.2) is 4.68 Å². The summed E-state index contributed by atoms with van der Waals surface area (Å²) in [6, 6.07) is 3.59. The van der Waals surface area contributed by atoms with Crippen LogP contribution < -0.4 is 5.49 Å². The van der Waals surface area contributed by atoms with Crippen LogP contribution in [0, 0.1) is 5.41 Å². The molecule has 0 aliphatic rings. The molecule has 0 saturated carbocycles. The first kappa shape index (κ1) is 8.39. The van der Waals surface area contributed by atoms with Crippen molar-refractivity contribution in [3.05, 3.63) is 29.9 Å². The maximum absolute atomic E-state index is 7.04. The summed E-state index contributed by atoms with van der Waals surface area (Å²) in [6.45, 7) is 3.58. The maximum Gasteiger partial charge on any atom is 0.150 e. The average Bonchev–Trinajstić information content (AvgIpc) is 2.16. The minimum atomic E-state index is 0.649.